The van der Waals surface area contributed by atoms with Gasteiger partial charge in [-0.15, -0.1) is 0 Å². The molecule has 0 aliphatic rings. The molecule has 3 heterocycles. The first-order chi connectivity index (χ1) is 16.8. The van der Waals surface area contributed by atoms with Crippen LogP contribution in [0.25, 0.3) is 71.2 Å². The normalized spacial score (nSPS) is 12.4. The summed E-state index contributed by atoms with van der Waals surface area (Å²) < 4.78 is 8.60. The van der Waals surface area contributed by atoms with E-state index in [9.17, 15) is 5.11 Å². The van der Waals surface area contributed by atoms with E-state index in [0.717, 1.165) is 38.6 Å². The van der Waals surface area contributed by atoms with Gasteiger partial charge in [0, 0.05) is 37.9 Å². The van der Waals surface area contributed by atoms with Crippen LogP contribution in [-0.4, -0.2) is 9.51 Å². The number of para-hydroxylation sites is 3. The molecule has 0 fully saturated rings. The number of aliphatic hydroxyl groups is 1. The molecule has 0 bridgehead atoms. The van der Waals surface area contributed by atoms with Crippen molar-refractivity contribution in [3.05, 3.63) is 103 Å². The predicted octanol–water partition coefficient (Wildman–Crippen LogP) is 7.90. The van der Waals surface area contributed by atoms with E-state index in [1.807, 2.05) is 24.3 Å². The quantitative estimate of drug-likeness (QED) is 0.298. The summed E-state index contributed by atoms with van der Waals surface area (Å²) in [6, 6.07) is 34.2. The average Bonchev–Trinajstić information content (AvgIpc) is 3.55. The highest BCUT2D eigenvalue weighted by Crippen LogP contribution is 2.42. The van der Waals surface area contributed by atoms with Crippen LogP contribution in [0.1, 0.15) is 5.56 Å². The number of hydrogen-bond acceptors (Lipinski definition) is 2. The van der Waals surface area contributed by atoms with Crippen molar-refractivity contribution in [2.24, 2.45) is 0 Å². The standard InChI is InChI=1S/C31H19NO2/c33-17-19-6-3-11-24-29-20(8-5-13-28(29)34-31(19)24)18-14-15-27-25(16-18)23-10-4-9-22-21-7-1-2-12-26(21)32(27)30(22)23/h1-16,33H,17H2. The highest BCUT2D eigenvalue weighted by atomic mass is 16.3. The lowest BCUT2D eigenvalue weighted by atomic mass is 9.97. The van der Waals surface area contributed by atoms with E-state index >= 15 is 0 Å². The second kappa shape index (κ2) is 6.37. The zero-order valence-corrected chi connectivity index (χ0v) is 18.2. The highest BCUT2D eigenvalue weighted by molar-refractivity contribution is 6.24. The molecule has 0 aliphatic heterocycles. The summed E-state index contributed by atoms with van der Waals surface area (Å²) >= 11 is 0. The van der Waals surface area contributed by atoms with Crippen LogP contribution in [0.3, 0.4) is 0 Å². The van der Waals surface area contributed by atoms with Gasteiger partial charge in [-0.05, 0) is 35.4 Å². The van der Waals surface area contributed by atoms with E-state index in [1.54, 1.807) is 0 Å². The van der Waals surface area contributed by atoms with Gasteiger partial charge in [0.2, 0.25) is 0 Å². The first-order valence-electron chi connectivity index (χ1n) is 11.5. The molecule has 0 saturated carbocycles. The lowest BCUT2D eigenvalue weighted by Gasteiger charge is -2.06. The third-order valence-corrected chi connectivity index (χ3v) is 7.31. The number of rotatable bonds is 2. The Kier molecular flexibility index (Phi) is 3.40. The Balaban J connectivity index is 1.48. The molecule has 3 heteroatoms. The molecule has 8 aromatic rings. The smallest absolute Gasteiger partial charge is 0.140 e. The Morgan fingerprint density at radius 2 is 1.38 bits per heavy atom. The molecule has 160 valence electrons. The minimum absolute atomic E-state index is 0.0399. The number of hydrogen-bond donors (Lipinski definition) is 1. The van der Waals surface area contributed by atoms with Crippen molar-refractivity contribution in [2.75, 3.05) is 0 Å². The van der Waals surface area contributed by atoms with E-state index in [2.05, 4.69) is 77.2 Å². The maximum absolute atomic E-state index is 9.80. The van der Waals surface area contributed by atoms with Crippen molar-refractivity contribution >= 4 is 60.0 Å². The number of fused-ring (bicyclic) bond motifs is 9. The van der Waals surface area contributed by atoms with Gasteiger partial charge in [-0.2, -0.15) is 0 Å². The summed E-state index contributed by atoms with van der Waals surface area (Å²) in [5.74, 6) is 0. The molecule has 0 spiro atoms. The molecule has 0 radical (unpaired) electrons. The van der Waals surface area contributed by atoms with Gasteiger partial charge < -0.3 is 13.9 Å². The van der Waals surface area contributed by atoms with Gasteiger partial charge in [0.05, 0.1) is 23.2 Å². The van der Waals surface area contributed by atoms with Crippen molar-refractivity contribution in [1.29, 1.82) is 0 Å². The van der Waals surface area contributed by atoms with Crippen molar-refractivity contribution in [3.8, 4) is 11.1 Å². The Morgan fingerprint density at radius 1 is 0.647 bits per heavy atom. The van der Waals surface area contributed by atoms with Crippen LogP contribution in [0.5, 0.6) is 0 Å². The monoisotopic (exact) mass is 437 g/mol. The maximum Gasteiger partial charge on any atom is 0.140 e. The van der Waals surface area contributed by atoms with Crippen LogP contribution >= 0.6 is 0 Å². The minimum Gasteiger partial charge on any atom is -0.456 e. The zero-order valence-electron chi connectivity index (χ0n) is 18.2. The first-order valence-corrected chi connectivity index (χ1v) is 11.5. The molecule has 8 rings (SSSR count). The molecule has 0 aliphatic carbocycles. The number of benzene rings is 5. The minimum atomic E-state index is -0.0399. The molecule has 1 N–H and O–H groups in total. The van der Waals surface area contributed by atoms with Crippen LogP contribution < -0.4 is 0 Å². The predicted molar refractivity (Wildman–Crippen MR) is 140 cm³/mol. The third-order valence-electron chi connectivity index (χ3n) is 7.31. The van der Waals surface area contributed by atoms with Crippen molar-refractivity contribution < 1.29 is 9.52 Å². The average molecular weight is 437 g/mol. The van der Waals surface area contributed by atoms with Crippen LogP contribution in [0.4, 0.5) is 0 Å². The number of furan rings is 1. The second-order valence-electron chi connectivity index (χ2n) is 9.02. The Hall–Kier alpha value is -4.34. The van der Waals surface area contributed by atoms with Gasteiger partial charge in [0.25, 0.3) is 0 Å². The van der Waals surface area contributed by atoms with Gasteiger partial charge in [-0.3, -0.25) is 0 Å². The fourth-order valence-corrected chi connectivity index (χ4v) is 5.87. The highest BCUT2D eigenvalue weighted by Gasteiger charge is 2.19. The number of nitrogens with zero attached hydrogens (tertiary/aromatic N) is 1. The van der Waals surface area contributed by atoms with E-state index in [4.69, 9.17) is 4.42 Å². The molecular formula is C31H19NO2. The van der Waals surface area contributed by atoms with Crippen molar-refractivity contribution in [2.45, 2.75) is 6.61 Å². The van der Waals surface area contributed by atoms with Crippen LogP contribution in [0.2, 0.25) is 0 Å². The number of aromatic nitrogens is 1. The topological polar surface area (TPSA) is 37.8 Å². The summed E-state index contributed by atoms with van der Waals surface area (Å²) in [4.78, 5) is 0. The van der Waals surface area contributed by atoms with E-state index < -0.39 is 0 Å². The first kappa shape index (κ1) is 18.1. The summed E-state index contributed by atoms with van der Waals surface area (Å²) in [6.07, 6.45) is 0. The zero-order chi connectivity index (χ0) is 22.4. The molecule has 0 amide bonds. The molecule has 5 aromatic carbocycles. The van der Waals surface area contributed by atoms with E-state index in [1.165, 1.54) is 38.1 Å². The maximum atomic E-state index is 9.80. The summed E-state index contributed by atoms with van der Waals surface area (Å²) in [5, 5.41) is 17.1. The second-order valence-corrected chi connectivity index (χ2v) is 9.02. The van der Waals surface area contributed by atoms with Crippen LogP contribution in [0.15, 0.2) is 101 Å². The Morgan fingerprint density at radius 3 is 2.29 bits per heavy atom. The van der Waals surface area contributed by atoms with Gasteiger partial charge in [-0.25, -0.2) is 0 Å². The fraction of sp³-hybridized carbons (Fsp3) is 0.0323. The van der Waals surface area contributed by atoms with Crippen LogP contribution in [0, 0.1) is 0 Å². The van der Waals surface area contributed by atoms with Gasteiger partial charge >= 0.3 is 0 Å². The molecular weight excluding hydrogens is 418 g/mol. The largest absolute Gasteiger partial charge is 0.456 e. The van der Waals surface area contributed by atoms with Gasteiger partial charge in [0.15, 0.2) is 0 Å². The molecule has 3 nitrogen and oxygen atoms in total. The van der Waals surface area contributed by atoms with Gasteiger partial charge in [-0.1, -0.05) is 72.8 Å². The lowest BCUT2D eigenvalue weighted by Crippen LogP contribution is -1.84. The van der Waals surface area contributed by atoms with Gasteiger partial charge in [0.1, 0.15) is 11.2 Å². The summed E-state index contributed by atoms with van der Waals surface area (Å²) in [7, 11) is 0. The fourth-order valence-electron chi connectivity index (χ4n) is 5.87. The van der Waals surface area contributed by atoms with E-state index in [-0.39, 0.29) is 6.61 Å². The molecule has 0 saturated heterocycles. The molecule has 34 heavy (non-hydrogen) atoms. The summed E-state index contributed by atoms with van der Waals surface area (Å²) in [6.45, 7) is -0.0399. The Bertz CT molecular complexity index is 2060. The van der Waals surface area contributed by atoms with Crippen molar-refractivity contribution in [3.63, 3.8) is 0 Å². The SMILES string of the molecule is OCc1cccc2c1oc1cccc(-c3ccc4c(c3)c3cccc5c6ccccc6n4c53)c12. The Labute approximate surface area is 194 Å². The van der Waals surface area contributed by atoms with Crippen molar-refractivity contribution in [1.82, 2.24) is 4.40 Å². The lowest BCUT2D eigenvalue weighted by molar-refractivity contribution is 0.282. The number of aliphatic hydroxyl groups excluding tert-OH is 1. The summed E-state index contributed by atoms with van der Waals surface area (Å²) in [5.41, 5.74) is 8.48. The molecule has 3 aromatic heterocycles. The van der Waals surface area contributed by atoms with E-state index in [0.29, 0.717) is 0 Å². The molecule has 0 unspecified atom stereocenters. The third kappa shape index (κ3) is 2.15. The van der Waals surface area contributed by atoms with Crippen LogP contribution in [-0.2, 0) is 6.61 Å². The molecule has 0 atom stereocenters.